The fraction of sp³-hybridized carbons (Fsp3) is 0.304. The van der Waals surface area contributed by atoms with Gasteiger partial charge in [-0.15, -0.1) is 0 Å². The zero-order valence-electron chi connectivity index (χ0n) is 16.5. The normalized spacial score (nSPS) is 14.2. The monoisotopic (exact) mass is 445 g/mol. The highest BCUT2D eigenvalue weighted by atomic mass is 35.5. The number of piperidine rings is 1. The summed E-state index contributed by atoms with van der Waals surface area (Å²) in [5.74, 6) is 0.350. The number of nitrogens with zero attached hydrogens (tertiary/aromatic N) is 1. The Bertz CT molecular complexity index is 1150. The van der Waals surface area contributed by atoms with E-state index in [-0.39, 0.29) is 12.5 Å². The summed E-state index contributed by atoms with van der Waals surface area (Å²) in [6, 6.07) is 10.3. The second-order valence-corrected chi connectivity index (χ2v) is 8.26. The number of ether oxygens (including phenoxy) is 1. The van der Waals surface area contributed by atoms with E-state index in [0.717, 1.165) is 30.2 Å². The van der Waals surface area contributed by atoms with Gasteiger partial charge < -0.3 is 14.1 Å². The van der Waals surface area contributed by atoms with E-state index in [9.17, 15) is 9.59 Å². The first-order valence-electron chi connectivity index (χ1n) is 9.90. The van der Waals surface area contributed by atoms with Crippen molar-refractivity contribution in [2.24, 2.45) is 0 Å². The SMILES string of the molecule is Cc1c(Cc2c(Cl)cccc2Cl)c(=O)oc2cc(OC(=O)N3CCCCC3)ccc12. The maximum absolute atomic E-state index is 12.7. The van der Waals surface area contributed by atoms with Crippen LogP contribution in [0.1, 0.15) is 36.0 Å². The quantitative estimate of drug-likeness (QED) is 0.464. The number of fused-ring (bicyclic) bond motifs is 1. The summed E-state index contributed by atoms with van der Waals surface area (Å²) in [6.07, 6.45) is 3.00. The molecule has 0 atom stereocenters. The third-order valence-electron chi connectivity index (χ3n) is 5.49. The number of likely N-dealkylation sites (tertiary alicyclic amines) is 1. The Balaban J connectivity index is 1.64. The fourth-order valence-corrected chi connectivity index (χ4v) is 4.29. The number of aryl methyl sites for hydroxylation is 1. The molecule has 1 fully saturated rings. The molecule has 0 spiro atoms. The molecule has 2 aromatic carbocycles. The zero-order valence-corrected chi connectivity index (χ0v) is 18.1. The molecule has 0 bridgehead atoms. The number of rotatable bonds is 3. The Hall–Kier alpha value is -2.50. The Morgan fingerprint density at radius 1 is 1.07 bits per heavy atom. The summed E-state index contributed by atoms with van der Waals surface area (Å²) in [5, 5.41) is 1.77. The highest BCUT2D eigenvalue weighted by Gasteiger charge is 2.20. The number of hydrogen-bond donors (Lipinski definition) is 0. The molecular formula is C23H21Cl2NO4. The van der Waals surface area contributed by atoms with Crippen LogP contribution < -0.4 is 10.4 Å². The molecule has 1 aromatic heterocycles. The molecule has 156 valence electrons. The first-order valence-corrected chi connectivity index (χ1v) is 10.7. The second-order valence-electron chi connectivity index (χ2n) is 7.44. The standard InChI is InChI=1S/C23H21Cl2NO4/c1-14-16-9-8-15(29-23(28)26-10-3-2-4-11-26)12-21(16)30-22(27)17(14)13-18-19(24)6-5-7-20(18)25/h5-9,12H,2-4,10-11,13H2,1H3. The molecule has 0 unspecified atom stereocenters. The maximum atomic E-state index is 12.7. The topological polar surface area (TPSA) is 59.8 Å². The zero-order chi connectivity index (χ0) is 21.3. The average Bonchev–Trinajstić information content (AvgIpc) is 2.73. The smallest absolute Gasteiger partial charge is 0.415 e. The van der Waals surface area contributed by atoms with Crippen molar-refractivity contribution in [3.63, 3.8) is 0 Å². The number of carbonyl (C=O) groups is 1. The van der Waals surface area contributed by atoms with Crippen molar-refractivity contribution in [3.8, 4) is 5.75 Å². The molecule has 0 N–H and O–H groups in total. The Morgan fingerprint density at radius 3 is 2.47 bits per heavy atom. The fourth-order valence-electron chi connectivity index (χ4n) is 3.76. The third-order valence-corrected chi connectivity index (χ3v) is 6.20. The molecule has 0 aliphatic carbocycles. The van der Waals surface area contributed by atoms with Crippen LogP contribution in [0.3, 0.4) is 0 Å². The Morgan fingerprint density at radius 2 is 1.77 bits per heavy atom. The van der Waals surface area contributed by atoms with Crippen molar-refractivity contribution in [1.82, 2.24) is 4.90 Å². The lowest BCUT2D eigenvalue weighted by Gasteiger charge is -2.25. The maximum Gasteiger partial charge on any atom is 0.415 e. The van der Waals surface area contributed by atoms with E-state index in [2.05, 4.69) is 0 Å². The second kappa shape index (κ2) is 8.70. The van der Waals surface area contributed by atoms with Crippen LogP contribution in [0.25, 0.3) is 11.0 Å². The van der Waals surface area contributed by atoms with Gasteiger partial charge in [0.1, 0.15) is 11.3 Å². The minimum absolute atomic E-state index is 0.272. The van der Waals surface area contributed by atoms with Gasteiger partial charge in [-0.3, -0.25) is 0 Å². The molecule has 7 heteroatoms. The van der Waals surface area contributed by atoms with Crippen LogP contribution in [-0.2, 0) is 6.42 Å². The van der Waals surface area contributed by atoms with Gasteiger partial charge in [0.2, 0.25) is 0 Å². The Kier molecular flexibility index (Phi) is 6.02. The van der Waals surface area contributed by atoms with Gasteiger partial charge in [0.05, 0.1) is 0 Å². The van der Waals surface area contributed by atoms with Crippen LogP contribution >= 0.6 is 23.2 Å². The molecule has 5 nitrogen and oxygen atoms in total. The first-order chi connectivity index (χ1) is 14.4. The van der Waals surface area contributed by atoms with E-state index < -0.39 is 5.63 Å². The summed E-state index contributed by atoms with van der Waals surface area (Å²) in [7, 11) is 0. The van der Waals surface area contributed by atoms with Gasteiger partial charge in [-0.05, 0) is 61.6 Å². The molecule has 1 aliphatic heterocycles. The van der Waals surface area contributed by atoms with E-state index in [0.29, 0.717) is 45.6 Å². The van der Waals surface area contributed by atoms with Crippen LogP contribution in [0.4, 0.5) is 4.79 Å². The first kappa shape index (κ1) is 20.8. The highest BCUT2D eigenvalue weighted by Crippen LogP contribution is 2.30. The van der Waals surface area contributed by atoms with Crippen LogP contribution in [0.5, 0.6) is 5.75 Å². The van der Waals surface area contributed by atoms with Gasteiger partial charge >= 0.3 is 11.7 Å². The van der Waals surface area contributed by atoms with Crippen molar-refractivity contribution >= 4 is 40.3 Å². The predicted octanol–water partition coefficient (Wildman–Crippen LogP) is 5.98. The Labute approximate surface area is 184 Å². The van der Waals surface area contributed by atoms with Gasteiger partial charge in [-0.25, -0.2) is 9.59 Å². The molecule has 0 radical (unpaired) electrons. The average molecular weight is 446 g/mol. The summed E-state index contributed by atoms with van der Waals surface area (Å²) in [4.78, 5) is 26.7. The van der Waals surface area contributed by atoms with Crippen molar-refractivity contribution in [3.05, 3.63) is 73.6 Å². The van der Waals surface area contributed by atoms with E-state index in [4.69, 9.17) is 32.4 Å². The van der Waals surface area contributed by atoms with Crippen LogP contribution in [0.15, 0.2) is 45.6 Å². The number of carbonyl (C=O) groups excluding carboxylic acids is 1. The number of halogens is 2. The van der Waals surface area contributed by atoms with Gasteiger partial charge in [0.15, 0.2) is 0 Å². The van der Waals surface area contributed by atoms with Gasteiger partial charge in [0.25, 0.3) is 0 Å². The molecule has 4 rings (SSSR count). The lowest BCUT2D eigenvalue weighted by molar-refractivity contribution is 0.142. The van der Waals surface area contributed by atoms with Crippen LogP contribution in [0, 0.1) is 6.92 Å². The van der Waals surface area contributed by atoms with E-state index >= 15 is 0 Å². The molecule has 2 heterocycles. The lowest BCUT2D eigenvalue weighted by Crippen LogP contribution is -2.37. The van der Waals surface area contributed by atoms with E-state index in [1.54, 1.807) is 41.3 Å². The van der Waals surface area contributed by atoms with Crippen LogP contribution in [-0.4, -0.2) is 24.1 Å². The molecule has 3 aromatic rings. The molecule has 0 saturated carbocycles. The summed E-state index contributed by atoms with van der Waals surface area (Å²) < 4.78 is 11.0. The van der Waals surface area contributed by atoms with Gasteiger partial charge in [-0.2, -0.15) is 0 Å². The highest BCUT2D eigenvalue weighted by molar-refractivity contribution is 6.36. The van der Waals surface area contributed by atoms with Crippen molar-refractivity contribution < 1.29 is 13.9 Å². The molecule has 1 aliphatic rings. The van der Waals surface area contributed by atoms with Crippen molar-refractivity contribution in [2.75, 3.05) is 13.1 Å². The summed E-state index contributed by atoms with van der Waals surface area (Å²) >= 11 is 12.5. The third kappa shape index (κ3) is 4.18. The molecule has 30 heavy (non-hydrogen) atoms. The van der Waals surface area contributed by atoms with Crippen LogP contribution in [0.2, 0.25) is 10.0 Å². The molecular weight excluding hydrogens is 425 g/mol. The van der Waals surface area contributed by atoms with E-state index in [1.165, 1.54) is 0 Å². The summed E-state index contributed by atoms with van der Waals surface area (Å²) in [6.45, 7) is 3.27. The lowest BCUT2D eigenvalue weighted by atomic mass is 9.99. The van der Waals surface area contributed by atoms with Crippen molar-refractivity contribution in [2.45, 2.75) is 32.6 Å². The predicted molar refractivity (Wildman–Crippen MR) is 118 cm³/mol. The minimum Gasteiger partial charge on any atom is -0.422 e. The summed E-state index contributed by atoms with van der Waals surface area (Å²) in [5.41, 5.74) is 1.87. The molecule has 1 saturated heterocycles. The number of hydrogen-bond acceptors (Lipinski definition) is 4. The number of benzene rings is 2. The minimum atomic E-state index is -0.463. The largest absolute Gasteiger partial charge is 0.422 e. The molecule has 1 amide bonds. The van der Waals surface area contributed by atoms with Crippen molar-refractivity contribution in [1.29, 1.82) is 0 Å². The van der Waals surface area contributed by atoms with Gasteiger partial charge in [0, 0.05) is 46.6 Å². The van der Waals surface area contributed by atoms with Gasteiger partial charge in [-0.1, -0.05) is 29.3 Å². The number of amides is 1. The van der Waals surface area contributed by atoms with E-state index in [1.807, 2.05) is 6.92 Å².